The minimum absolute atomic E-state index is 0.0963. The van der Waals surface area contributed by atoms with Gasteiger partial charge < -0.3 is 20.1 Å². The summed E-state index contributed by atoms with van der Waals surface area (Å²) in [7, 11) is 3.10. The maximum absolute atomic E-state index is 12.5. The largest absolute Gasteiger partial charge is 0.497 e. The van der Waals surface area contributed by atoms with Gasteiger partial charge in [-0.15, -0.1) is 0 Å². The van der Waals surface area contributed by atoms with Gasteiger partial charge in [0, 0.05) is 31.1 Å². The van der Waals surface area contributed by atoms with E-state index in [1.54, 1.807) is 37.3 Å². The van der Waals surface area contributed by atoms with Crippen LogP contribution in [-0.4, -0.2) is 43.1 Å². The number of rotatable bonds is 7. The number of thiocarbonyl (C=S) groups is 1. The van der Waals surface area contributed by atoms with Crippen molar-refractivity contribution < 1.29 is 14.3 Å². The van der Waals surface area contributed by atoms with E-state index in [4.69, 9.17) is 27.4 Å². The van der Waals surface area contributed by atoms with Crippen molar-refractivity contribution in [1.82, 2.24) is 4.90 Å². The van der Waals surface area contributed by atoms with Crippen LogP contribution in [0.25, 0.3) is 0 Å². The molecular formula is C14H20N2O3S. The summed E-state index contributed by atoms with van der Waals surface area (Å²) in [5.74, 6) is 1.07. The minimum atomic E-state index is -0.0963. The Hall–Kier alpha value is -1.82. The zero-order chi connectivity index (χ0) is 15.1. The van der Waals surface area contributed by atoms with Crippen molar-refractivity contribution >= 4 is 23.1 Å². The second-order valence-electron chi connectivity index (χ2n) is 4.20. The molecule has 0 aliphatic heterocycles. The molecule has 0 bridgehead atoms. The Bertz CT molecular complexity index is 469. The number of benzene rings is 1. The van der Waals surface area contributed by atoms with Crippen LogP contribution in [0, 0.1) is 0 Å². The van der Waals surface area contributed by atoms with E-state index in [-0.39, 0.29) is 5.91 Å². The Kier molecular flexibility index (Phi) is 6.24. The third-order valence-corrected chi connectivity index (χ3v) is 3.10. The summed E-state index contributed by atoms with van der Waals surface area (Å²) in [6.45, 7) is 3.00. The Morgan fingerprint density at radius 1 is 1.25 bits per heavy atom. The summed E-state index contributed by atoms with van der Waals surface area (Å²) < 4.78 is 10.3. The molecule has 1 rings (SSSR count). The van der Waals surface area contributed by atoms with Gasteiger partial charge in [-0.05, 0) is 19.1 Å². The molecule has 6 heteroatoms. The zero-order valence-electron chi connectivity index (χ0n) is 12.0. The third kappa shape index (κ3) is 4.38. The predicted molar refractivity (Wildman–Crippen MR) is 82.5 cm³/mol. The highest BCUT2D eigenvalue weighted by atomic mass is 32.1. The van der Waals surface area contributed by atoms with E-state index in [2.05, 4.69) is 0 Å². The fourth-order valence-electron chi connectivity index (χ4n) is 1.76. The van der Waals surface area contributed by atoms with Gasteiger partial charge in [0.2, 0.25) is 0 Å². The number of methoxy groups -OCH3 is 2. The number of hydrogen-bond donors (Lipinski definition) is 1. The van der Waals surface area contributed by atoms with Gasteiger partial charge in [0.1, 0.15) is 11.5 Å². The standard InChI is InChI=1S/C14H20N2O3S/c1-4-16(6-5-13(15)20)14(17)10-7-11(18-2)9-12(8-10)19-3/h7-9H,4-6H2,1-3H3,(H2,15,20). The van der Waals surface area contributed by atoms with E-state index in [9.17, 15) is 4.79 Å². The van der Waals surface area contributed by atoms with Gasteiger partial charge in [-0.1, -0.05) is 12.2 Å². The summed E-state index contributed by atoms with van der Waals surface area (Å²) in [5, 5.41) is 0. The first-order valence-corrected chi connectivity index (χ1v) is 6.73. The highest BCUT2D eigenvalue weighted by molar-refractivity contribution is 7.80. The van der Waals surface area contributed by atoms with Crippen molar-refractivity contribution in [1.29, 1.82) is 0 Å². The molecule has 0 aliphatic carbocycles. The molecule has 0 aliphatic rings. The maximum Gasteiger partial charge on any atom is 0.254 e. The van der Waals surface area contributed by atoms with Crippen molar-refractivity contribution in [2.45, 2.75) is 13.3 Å². The number of hydrogen-bond acceptors (Lipinski definition) is 4. The molecule has 0 saturated carbocycles. The van der Waals surface area contributed by atoms with Crippen molar-refractivity contribution in [3.05, 3.63) is 23.8 Å². The number of ether oxygens (including phenoxy) is 2. The molecule has 0 fully saturated rings. The molecule has 2 N–H and O–H groups in total. The Labute approximate surface area is 124 Å². The van der Waals surface area contributed by atoms with Crippen LogP contribution in [0.2, 0.25) is 0 Å². The molecule has 0 saturated heterocycles. The van der Waals surface area contributed by atoms with E-state index in [0.717, 1.165) is 0 Å². The van der Waals surface area contributed by atoms with Gasteiger partial charge in [-0.25, -0.2) is 0 Å². The van der Waals surface area contributed by atoms with Crippen LogP contribution in [0.15, 0.2) is 18.2 Å². The van der Waals surface area contributed by atoms with Gasteiger partial charge in [0.15, 0.2) is 0 Å². The normalized spacial score (nSPS) is 9.95. The minimum Gasteiger partial charge on any atom is -0.497 e. The average molecular weight is 296 g/mol. The third-order valence-electron chi connectivity index (χ3n) is 2.90. The molecule has 1 amide bonds. The Morgan fingerprint density at radius 3 is 2.20 bits per heavy atom. The van der Waals surface area contributed by atoms with Crippen molar-refractivity contribution in [2.75, 3.05) is 27.3 Å². The summed E-state index contributed by atoms with van der Waals surface area (Å²) in [6, 6.07) is 5.10. The van der Waals surface area contributed by atoms with Crippen LogP contribution in [0.1, 0.15) is 23.7 Å². The van der Waals surface area contributed by atoms with Gasteiger partial charge in [-0.3, -0.25) is 4.79 Å². The number of carbonyl (C=O) groups excluding carboxylic acids is 1. The lowest BCUT2D eigenvalue weighted by atomic mass is 10.1. The fraction of sp³-hybridized carbons (Fsp3) is 0.429. The number of nitrogens with two attached hydrogens (primary N) is 1. The quantitative estimate of drug-likeness (QED) is 0.778. The van der Waals surface area contributed by atoms with Crippen LogP contribution >= 0.6 is 12.2 Å². The lowest BCUT2D eigenvalue weighted by molar-refractivity contribution is 0.0768. The number of nitrogens with zero attached hydrogens (tertiary/aromatic N) is 1. The zero-order valence-corrected chi connectivity index (χ0v) is 12.8. The molecule has 5 nitrogen and oxygen atoms in total. The van der Waals surface area contributed by atoms with E-state index in [0.29, 0.717) is 41.6 Å². The van der Waals surface area contributed by atoms with Crippen molar-refractivity contribution in [3.8, 4) is 11.5 Å². The van der Waals surface area contributed by atoms with Crippen LogP contribution in [0.3, 0.4) is 0 Å². The second-order valence-corrected chi connectivity index (χ2v) is 4.73. The van der Waals surface area contributed by atoms with E-state index >= 15 is 0 Å². The lowest BCUT2D eigenvalue weighted by Crippen LogP contribution is -2.33. The first-order chi connectivity index (χ1) is 9.51. The summed E-state index contributed by atoms with van der Waals surface area (Å²) in [6.07, 6.45) is 0.510. The highest BCUT2D eigenvalue weighted by Crippen LogP contribution is 2.23. The highest BCUT2D eigenvalue weighted by Gasteiger charge is 2.16. The van der Waals surface area contributed by atoms with Gasteiger partial charge in [0.25, 0.3) is 5.91 Å². The molecule has 0 aromatic heterocycles. The molecule has 0 radical (unpaired) electrons. The van der Waals surface area contributed by atoms with Crippen LogP contribution < -0.4 is 15.2 Å². The Balaban J connectivity index is 2.96. The van der Waals surface area contributed by atoms with Gasteiger partial charge in [0.05, 0.1) is 19.2 Å². The number of amides is 1. The van der Waals surface area contributed by atoms with Crippen molar-refractivity contribution in [3.63, 3.8) is 0 Å². The number of carbonyl (C=O) groups is 1. The van der Waals surface area contributed by atoms with Crippen molar-refractivity contribution in [2.24, 2.45) is 5.73 Å². The summed E-state index contributed by atoms with van der Waals surface area (Å²) in [5.41, 5.74) is 6.00. The van der Waals surface area contributed by atoms with Gasteiger partial charge >= 0.3 is 0 Å². The molecule has 0 atom stereocenters. The summed E-state index contributed by atoms with van der Waals surface area (Å²) in [4.78, 5) is 14.5. The molecule has 0 spiro atoms. The Morgan fingerprint density at radius 2 is 1.80 bits per heavy atom. The van der Waals surface area contributed by atoms with Crippen LogP contribution in [0.4, 0.5) is 0 Å². The maximum atomic E-state index is 12.5. The first-order valence-electron chi connectivity index (χ1n) is 6.32. The first kappa shape index (κ1) is 16.2. The smallest absolute Gasteiger partial charge is 0.254 e. The summed E-state index contributed by atoms with van der Waals surface area (Å²) >= 11 is 4.84. The molecule has 0 heterocycles. The molecule has 20 heavy (non-hydrogen) atoms. The molecule has 1 aromatic rings. The average Bonchev–Trinajstić information content (AvgIpc) is 2.46. The van der Waals surface area contributed by atoms with Gasteiger partial charge in [-0.2, -0.15) is 0 Å². The fourth-order valence-corrected chi connectivity index (χ4v) is 1.85. The van der Waals surface area contributed by atoms with Crippen LogP contribution in [-0.2, 0) is 0 Å². The second kappa shape index (κ2) is 7.69. The molecule has 110 valence electrons. The topological polar surface area (TPSA) is 64.8 Å². The van der Waals surface area contributed by atoms with E-state index < -0.39 is 0 Å². The molecule has 1 aromatic carbocycles. The molecular weight excluding hydrogens is 276 g/mol. The van der Waals surface area contributed by atoms with Crippen LogP contribution in [0.5, 0.6) is 11.5 Å². The van der Waals surface area contributed by atoms with E-state index in [1.807, 2.05) is 6.92 Å². The lowest BCUT2D eigenvalue weighted by Gasteiger charge is -2.21. The van der Waals surface area contributed by atoms with E-state index in [1.165, 1.54) is 0 Å². The molecule has 0 unspecified atom stereocenters. The predicted octanol–water partition coefficient (Wildman–Crippen LogP) is 1.84. The monoisotopic (exact) mass is 296 g/mol. The SMILES string of the molecule is CCN(CCC(N)=S)C(=O)c1cc(OC)cc(OC)c1.